The first-order valence-electron chi connectivity index (χ1n) is 9.69. The highest BCUT2D eigenvalue weighted by Crippen LogP contribution is 2.35. The highest BCUT2D eigenvalue weighted by Gasteiger charge is 2.29. The maximum atomic E-state index is 11.9. The third-order valence-corrected chi connectivity index (χ3v) is 4.51. The van der Waals surface area contributed by atoms with Crippen LogP contribution in [0.3, 0.4) is 0 Å². The van der Waals surface area contributed by atoms with Gasteiger partial charge in [-0.1, -0.05) is 36.9 Å². The molecule has 30 heavy (non-hydrogen) atoms. The maximum absolute atomic E-state index is 11.9. The second-order valence-corrected chi connectivity index (χ2v) is 6.86. The van der Waals surface area contributed by atoms with Crippen molar-refractivity contribution >= 4 is 28.7 Å². The van der Waals surface area contributed by atoms with Crippen LogP contribution in [0, 0.1) is 11.3 Å². The molecule has 7 heteroatoms. The van der Waals surface area contributed by atoms with Gasteiger partial charge in [-0.2, -0.15) is 4.99 Å². The number of rotatable bonds is 9. The van der Waals surface area contributed by atoms with Crippen LogP contribution in [0.4, 0.5) is 5.69 Å². The number of amidine groups is 1. The molecule has 1 saturated carbocycles. The Morgan fingerprint density at radius 3 is 2.57 bits per heavy atom. The Balaban J connectivity index is 2.47. The van der Waals surface area contributed by atoms with Crippen LogP contribution in [0.15, 0.2) is 65.5 Å². The molecule has 0 bridgehead atoms. The molecule has 0 saturated heterocycles. The van der Waals surface area contributed by atoms with Crippen LogP contribution in [0.5, 0.6) is 5.75 Å². The number of ether oxygens (including phenoxy) is 1. The van der Waals surface area contributed by atoms with Gasteiger partial charge in [0.15, 0.2) is 0 Å². The number of hydrogen-bond acceptors (Lipinski definition) is 5. The number of methoxy groups -OCH3 is 1. The first-order valence-corrected chi connectivity index (χ1v) is 9.69. The summed E-state index contributed by atoms with van der Waals surface area (Å²) in [7, 11) is 1.58. The molecule has 0 radical (unpaired) electrons. The van der Waals surface area contributed by atoms with E-state index in [-0.39, 0.29) is 34.8 Å². The third-order valence-electron chi connectivity index (χ3n) is 4.51. The molecule has 0 heterocycles. The summed E-state index contributed by atoms with van der Waals surface area (Å²) in [5, 5.41) is 11.4. The molecule has 1 aromatic carbocycles. The van der Waals surface area contributed by atoms with Gasteiger partial charge in [0.1, 0.15) is 11.6 Å². The molecule has 6 N–H and O–H groups in total. The molecule has 1 aromatic rings. The zero-order valence-corrected chi connectivity index (χ0v) is 17.7. The molecule has 1 aliphatic carbocycles. The molecule has 7 nitrogen and oxygen atoms in total. The standard InChI is InChI=1S/C23H29N5O2/c1-5-8-15(6-2)17-9-7-10-18(22(17)30-4)27-19(21(26)14(3)24)13-20(25)28-23(29)16-11-12-16/h5-10,13,16,26-27H,3,11-12,24H2,1-2,4H3,(H2,25,28,29)/b8-5-,15-6+,19-13+,26-21?. The molecule has 158 valence electrons. The van der Waals surface area contributed by atoms with Crippen molar-refractivity contribution in [2.45, 2.75) is 26.7 Å². The number of benzene rings is 1. The number of anilines is 1. The van der Waals surface area contributed by atoms with Gasteiger partial charge in [0, 0.05) is 17.6 Å². The molecule has 0 unspecified atom stereocenters. The van der Waals surface area contributed by atoms with Gasteiger partial charge in [0.2, 0.25) is 0 Å². The number of nitrogens with one attached hydrogen (secondary N) is 2. The van der Waals surface area contributed by atoms with E-state index >= 15 is 0 Å². The molecule has 1 aliphatic rings. The maximum Gasteiger partial charge on any atom is 0.250 e. The van der Waals surface area contributed by atoms with E-state index < -0.39 is 0 Å². The molecule has 1 fully saturated rings. The molecule has 0 aromatic heterocycles. The zero-order valence-electron chi connectivity index (χ0n) is 17.7. The molecule has 1 amide bonds. The normalized spacial score (nSPS) is 15.2. The number of carbonyl (C=O) groups is 1. The van der Waals surface area contributed by atoms with Crippen molar-refractivity contribution in [3.05, 3.63) is 66.0 Å². The fourth-order valence-corrected chi connectivity index (χ4v) is 2.82. The van der Waals surface area contributed by atoms with Gasteiger partial charge < -0.3 is 21.5 Å². The van der Waals surface area contributed by atoms with E-state index in [9.17, 15) is 4.79 Å². The van der Waals surface area contributed by atoms with Crippen LogP contribution in [0.2, 0.25) is 0 Å². The van der Waals surface area contributed by atoms with Crippen molar-refractivity contribution in [3.8, 4) is 5.75 Å². The second-order valence-electron chi connectivity index (χ2n) is 6.86. The highest BCUT2D eigenvalue weighted by molar-refractivity contribution is 6.15. The molecule has 0 atom stereocenters. The topological polar surface area (TPSA) is 127 Å². The first kappa shape index (κ1) is 22.7. The number of amides is 1. The predicted octanol–water partition coefficient (Wildman–Crippen LogP) is 3.76. The average Bonchev–Trinajstić information content (AvgIpc) is 3.56. The van der Waals surface area contributed by atoms with Crippen LogP contribution in [-0.4, -0.2) is 24.6 Å². The number of allylic oxidation sites excluding steroid dienone is 4. The average molecular weight is 408 g/mol. The lowest BCUT2D eigenvalue weighted by molar-refractivity contribution is -0.118. The fourth-order valence-electron chi connectivity index (χ4n) is 2.82. The lowest BCUT2D eigenvalue weighted by atomic mass is 10.0. The van der Waals surface area contributed by atoms with Crippen LogP contribution < -0.4 is 21.5 Å². The van der Waals surface area contributed by atoms with Crippen molar-refractivity contribution in [3.63, 3.8) is 0 Å². The summed E-state index contributed by atoms with van der Waals surface area (Å²) in [6.07, 6.45) is 9.00. The van der Waals surface area contributed by atoms with E-state index in [1.165, 1.54) is 6.08 Å². The van der Waals surface area contributed by atoms with Gasteiger partial charge in [-0.15, -0.1) is 0 Å². The van der Waals surface area contributed by atoms with E-state index in [0.29, 0.717) is 11.4 Å². The molecular formula is C23H29N5O2. The van der Waals surface area contributed by atoms with Gasteiger partial charge in [-0.05, 0) is 38.3 Å². The summed E-state index contributed by atoms with van der Waals surface area (Å²) in [5.74, 6) is 0.304. The van der Waals surface area contributed by atoms with E-state index in [1.807, 2.05) is 50.3 Å². The summed E-state index contributed by atoms with van der Waals surface area (Å²) in [6.45, 7) is 7.51. The van der Waals surface area contributed by atoms with Gasteiger partial charge in [-0.25, -0.2) is 0 Å². The van der Waals surface area contributed by atoms with Crippen LogP contribution >= 0.6 is 0 Å². The molecule has 2 rings (SSSR count). The minimum atomic E-state index is -0.245. The third kappa shape index (κ3) is 5.70. The van der Waals surface area contributed by atoms with Crippen molar-refractivity contribution in [1.29, 1.82) is 5.41 Å². The van der Waals surface area contributed by atoms with E-state index in [0.717, 1.165) is 24.0 Å². The summed E-state index contributed by atoms with van der Waals surface area (Å²) in [6, 6.07) is 5.63. The van der Waals surface area contributed by atoms with Crippen LogP contribution in [0.1, 0.15) is 32.3 Å². The van der Waals surface area contributed by atoms with Gasteiger partial charge in [0.05, 0.1) is 29.9 Å². The molecule has 0 spiro atoms. The lowest BCUT2D eigenvalue weighted by Crippen LogP contribution is -2.21. The largest absolute Gasteiger partial charge is 0.494 e. The number of nitrogens with two attached hydrogens (primary N) is 2. The van der Waals surface area contributed by atoms with Gasteiger partial charge in [-0.3, -0.25) is 10.2 Å². The van der Waals surface area contributed by atoms with Crippen molar-refractivity contribution in [1.82, 2.24) is 0 Å². The van der Waals surface area contributed by atoms with E-state index in [2.05, 4.69) is 16.9 Å². The quantitative estimate of drug-likeness (QED) is 0.282. The summed E-state index contributed by atoms with van der Waals surface area (Å²) < 4.78 is 5.65. The van der Waals surface area contributed by atoms with Gasteiger partial charge in [0.25, 0.3) is 5.91 Å². The molecular weight excluding hydrogens is 378 g/mol. The van der Waals surface area contributed by atoms with Crippen LogP contribution in [0.25, 0.3) is 5.57 Å². The highest BCUT2D eigenvalue weighted by atomic mass is 16.5. The summed E-state index contributed by atoms with van der Waals surface area (Å²) >= 11 is 0. The first-order chi connectivity index (χ1) is 14.3. The summed E-state index contributed by atoms with van der Waals surface area (Å²) in [4.78, 5) is 15.8. The number of para-hydroxylation sites is 1. The number of nitrogens with zero attached hydrogens (tertiary/aromatic N) is 1. The van der Waals surface area contributed by atoms with Gasteiger partial charge >= 0.3 is 0 Å². The van der Waals surface area contributed by atoms with E-state index in [1.54, 1.807) is 7.11 Å². The fraction of sp³-hybridized carbons (Fsp3) is 0.261. The zero-order chi connectivity index (χ0) is 22.3. The minimum Gasteiger partial charge on any atom is -0.494 e. The lowest BCUT2D eigenvalue weighted by Gasteiger charge is -2.18. The van der Waals surface area contributed by atoms with E-state index in [4.69, 9.17) is 21.6 Å². The Morgan fingerprint density at radius 1 is 1.33 bits per heavy atom. The Labute approximate surface area is 177 Å². The Bertz CT molecular complexity index is 966. The van der Waals surface area contributed by atoms with Crippen molar-refractivity contribution in [2.75, 3.05) is 12.4 Å². The Morgan fingerprint density at radius 2 is 2.03 bits per heavy atom. The van der Waals surface area contributed by atoms with Crippen LogP contribution in [-0.2, 0) is 4.79 Å². The Hall–Kier alpha value is -3.61. The smallest absolute Gasteiger partial charge is 0.250 e. The SMILES string of the molecule is C=C(N)C(=N)/C(=C\C(N)=NC(=O)C1CC1)Nc1cccc(C(/C=C\C)=C/C)c1OC. The Kier molecular flexibility index (Phi) is 7.75. The predicted molar refractivity (Wildman–Crippen MR) is 124 cm³/mol. The second kappa shape index (κ2) is 10.2. The van der Waals surface area contributed by atoms with Crippen molar-refractivity contribution < 1.29 is 9.53 Å². The van der Waals surface area contributed by atoms with Crippen molar-refractivity contribution in [2.24, 2.45) is 22.4 Å². The minimum absolute atomic E-state index is 0.00131. The number of hydrogen-bond donors (Lipinski definition) is 4. The number of aliphatic imine (C=N–C) groups is 1. The summed E-state index contributed by atoms with van der Waals surface area (Å²) in [5.41, 5.74) is 14.4. The molecule has 0 aliphatic heterocycles. The monoisotopic (exact) mass is 407 g/mol. The number of carbonyl (C=O) groups excluding carboxylic acids is 1.